The van der Waals surface area contributed by atoms with Gasteiger partial charge in [-0.25, -0.2) is 8.42 Å². The lowest BCUT2D eigenvalue weighted by Crippen LogP contribution is -2.19. The van der Waals surface area contributed by atoms with Crippen LogP contribution in [-0.2, 0) is 14.8 Å². The van der Waals surface area contributed by atoms with Crippen molar-refractivity contribution >= 4 is 21.7 Å². The largest absolute Gasteiger partial charge is 0.493 e. The Labute approximate surface area is 122 Å². The number of carboxylic acids is 1. The molecular formula is C12H17NO7S. The van der Waals surface area contributed by atoms with Gasteiger partial charge in [-0.15, -0.1) is 0 Å². The molecule has 0 saturated carbocycles. The summed E-state index contributed by atoms with van der Waals surface area (Å²) in [7, 11) is 0.451. The van der Waals surface area contributed by atoms with Crippen LogP contribution in [-0.4, -0.2) is 46.6 Å². The van der Waals surface area contributed by atoms with Crippen LogP contribution in [0, 0.1) is 0 Å². The number of hydrogen-bond donors (Lipinski definition) is 2. The van der Waals surface area contributed by atoms with E-state index in [0.717, 1.165) is 0 Å². The highest BCUT2D eigenvalue weighted by Crippen LogP contribution is 2.40. The fourth-order valence-corrected chi connectivity index (χ4v) is 2.61. The summed E-state index contributed by atoms with van der Waals surface area (Å²) in [5.41, 5.74) is 0.190. The first-order valence-electron chi connectivity index (χ1n) is 5.85. The first-order valence-corrected chi connectivity index (χ1v) is 7.50. The normalized spacial score (nSPS) is 10.8. The van der Waals surface area contributed by atoms with Gasteiger partial charge in [0.15, 0.2) is 11.5 Å². The second kappa shape index (κ2) is 7.02. The van der Waals surface area contributed by atoms with Crippen LogP contribution in [0.5, 0.6) is 17.2 Å². The molecule has 2 N–H and O–H groups in total. The molecule has 0 aromatic heterocycles. The number of aliphatic carboxylic acids is 1. The van der Waals surface area contributed by atoms with Gasteiger partial charge in [-0.3, -0.25) is 9.52 Å². The second-order valence-corrected chi connectivity index (χ2v) is 5.82. The van der Waals surface area contributed by atoms with Gasteiger partial charge in [0.25, 0.3) is 0 Å². The van der Waals surface area contributed by atoms with Crippen LogP contribution in [0.2, 0.25) is 0 Å². The molecule has 0 heterocycles. The molecule has 0 bridgehead atoms. The van der Waals surface area contributed by atoms with Crippen molar-refractivity contribution in [3.8, 4) is 17.2 Å². The van der Waals surface area contributed by atoms with Crippen LogP contribution in [0.25, 0.3) is 0 Å². The monoisotopic (exact) mass is 319 g/mol. The molecule has 0 aliphatic heterocycles. The first-order chi connectivity index (χ1) is 9.82. The van der Waals surface area contributed by atoms with E-state index in [2.05, 4.69) is 4.72 Å². The number of rotatable bonds is 8. The lowest BCUT2D eigenvalue weighted by atomic mass is 10.2. The van der Waals surface area contributed by atoms with E-state index in [1.54, 1.807) is 0 Å². The van der Waals surface area contributed by atoms with Gasteiger partial charge in [0, 0.05) is 12.1 Å². The van der Waals surface area contributed by atoms with Gasteiger partial charge >= 0.3 is 5.97 Å². The van der Waals surface area contributed by atoms with E-state index in [-0.39, 0.29) is 17.2 Å². The van der Waals surface area contributed by atoms with Crippen LogP contribution in [0.3, 0.4) is 0 Å². The molecule has 0 fully saturated rings. The first kappa shape index (κ1) is 16.9. The zero-order valence-electron chi connectivity index (χ0n) is 11.9. The van der Waals surface area contributed by atoms with Crippen LogP contribution < -0.4 is 18.9 Å². The van der Waals surface area contributed by atoms with Crippen molar-refractivity contribution in [3.63, 3.8) is 0 Å². The minimum absolute atomic E-state index is 0.190. The molecule has 0 aliphatic rings. The Morgan fingerprint density at radius 1 is 1.14 bits per heavy atom. The summed E-state index contributed by atoms with van der Waals surface area (Å²) in [5, 5.41) is 8.53. The summed E-state index contributed by atoms with van der Waals surface area (Å²) in [4.78, 5) is 10.4. The number of hydrogen-bond acceptors (Lipinski definition) is 6. The Balaban J connectivity index is 3.06. The van der Waals surface area contributed by atoms with Crippen LogP contribution in [0.4, 0.5) is 5.69 Å². The average molecular weight is 319 g/mol. The lowest BCUT2D eigenvalue weighted by Gasteiger charge is -2.15. The van der Waals surface area contributed by atoms with Crippen molar-refractivity contribution in [1.29, 1.82) is 0 Å². The minimum Gasteiger partial charge on any atom is -0.493 e. The molecule has 0 atom stereocenters. The van der Waals surface area contributed by atoms with Crippen molar-refractivity contribution in [2.45, 2.75) is 6.42 Å². The van der Waals surface area contributed by atoms with E-state index in [0.29, 0.717) is 5.75 Å². The van der Waals surface area contributed by atoms with E-state index in [1.807, 2.05) is 0 Å². The fraction of sp³-hybridized carbons (Fsp3) is 0.417. The van der Waals surface area contributed by atoms with Crippen molar-refractivity contribution in [1.82, 2.24) is 0 Å². The van der Waals surface area contributed by atoms with Crippen molar-refractivity contribution in [2.75, 3.05) is 31.8 Å². The summed E-state index contributed by atoms with van der Waals surface area (Å²) in [6.45, 7) is 0. The molecule has 1 rings (SSSR count). The molecular weight excluding hydrogens is 302 g/mol. The average Bonchev–Trinajstić information content (AvgIpc) is 2.43. The Kier molecular flexibility index (Phi) is 5.65. The zero-order valence-corrected chi connectivity index (χ0v) is 12.7. The van der Waals surface area contributed by atoms with Crippen LogP contribution >= 0.6 is 0 Å². The van der Waals surface area contributed by atoms with Gasteiger partial charge in [-0.1, -0.05) is 0 Å². The van der Waals surface area contributed by atoms with Gasteiger partial charge in [0.2, 0.25) is 15.8 Å². The third kappa shape index (κ3) is 4.71. The molecule has 21 heavy (non-hydrogen) atoms. The SMILES string of the molecule is COc1cc(NS(=O)(=O)CCC(=O)O)cc(OC)c1OC. The predicted molar refractivity (Wildman–Crippen MR) is 75.8 cm³/mol. The van der Waals surface area contributed by atoms with Crippen LogP contribution in [0.15, 0.2) is 12.1 Å². The highest BCUT2D eigenvalue weighted by Gasteiger charge is 2.17. The Morgan fingerprint density at radius 3 is 2.05 bits per heavy atom. The topological polar surface area (TPSA) is 111 Å². The van der Waals surface area contributed by atoms with Gasteiger partial charge in [-0.2, -0.15) is 0 Å². The maximum absolute atomic E-state index is 11.8. The molecule has 9 heteroatoms. The number of nitrogens with one attached hydrogen (secondary N) is 1. The van der Waals surface area contributed by atoms with E-state index in [9.17, 15) is 13.2 Å². The smallest absolute Gasteiger partial charge is 0.304 e. The molecule has 0 amide bonds. The number of sulfonamides is 1. The van der Waals surface area contributed by atoms with Crippen LogP contribution in [0.1, 0.15) is 6.42 Å². The van der Waals surface area contributed by atoms with E-state index < -0.39 is 28.2 Å². The third-order valence-electron chi connectivity index (χ3n) is 2.52. The van der Waals surface area contributed by atoms with Crippen molar-refractivity contribution < 1.29 is 32.5 Å². The molecule has 1 aromatic rings. The number of benzene rings is 1. The quantitative estimate of drug-likeness (QED) is 0.733. The third-order valence-corrected chi connectivity index (χ3v) is 3.81. The van der Waals surface area contributed by atoms with Gasteiger partial charge < -0.3 is 19.3 Å². The predicted octanol–water partition coefficient (Wildman–Crippen LogP) is 0.929. The van der Waals surface area contributed by atoms with E-state index in [1.165, 1.54) is 33.5 Å². The Morgan fingerprint density at radius 2 is 1.67 bits per heavy atom. The molecule has 8 nitrogen and oxygen atoms in total. The standard InChI is InChI=1S/C12H17NO7S/c1-18-9-6-8(7-10(19-2)12(9)20-3)13-21(16,17)5-4-11(14)15/h6-7,13H,4-5H2,1-3H3,(H,14,15). The fourth-order valence-electron chi connectivity index (χ4n) is 1.59. The summed E-state index contributed by atoms with van der Waals surface area (Å²) in [5.74, 6) is -0.821. The second-order valence-electron chi connectivity index (χ2n) is 3.98. The van der Waals surface area contributed by atoms with Crippen molar-refractivity contribution in [2.24, 2.45) is 0 Å². The Hall–Kier alpha value is -2.16. The number of methoxy groups -OCH3 is 3. The molecule has 118 valence electrons. The lowest BCUT2D eigenvalue weighted by molar-refractivity contribution is -0.136. The minimum atomic E-state index is -3.78. The Bertz CT molecular complexity index is 587. The molecule has 0 aliphatic carbocycles. The summed E-state index contributed by atoms with van der Waals surface area (Å²) >= 11 is 0. The molecule has 0 unspecified atom stereocenters. The summed E-state index contributed by atoms with van der Waals surface area (Å²) in [6, 6.07) is 2.83. The van der Waals surface area contributed by atoms with Gasteiger partial charge in [0.05, 0.1) is 39.2 Å². The molecule has 0 radical (unpaired) electrons. The maximum atomic E-state index is 11.8. The highest BCUT2D eigenvalue weighted by molar-refractivity contribution is 7.92. The van der Waals surface area contributed by atoms with E-state index >= 15 is 0 Å². The highest BCUT2D eigenvalue weighted by atomic mass is 32.2. The maximum Gasteiger partial charge on any atom is 0.304 e. The van der Waals surface area contributed by atoms with Gasteiger partial charge in [-0.05, 0) is 0 Å². The zero-order chi connectivity index (χ0) is 16.0. The number of ether oxygens (including phenoxy) is 3. The van der Waals surface area contributed by atoms with Gasteiger partial charge in [0.1, 0.15) is 0 Å². The molecule has 1 aromatic carbocycles. The molecule has 0 saturated heterocycles. The molecule has 0 spiro atoms. The van der Waals surface area contributed by atoms with Crippen molar-refractivity contribution in [3.05, 3.63) is 12.1 Å². The van der Waals surface area contributed by atoms with E-state index in [4.69, 9.17) is 19.3 Å². The number of carboxylic acid groups (broad SMARTS) is 1. The number of anilines is 1. The number of carbonyl (C=O) groups is 1. The summed E-state index contributed by atoms with van der Waals surface area (Å²) < 4.78 is 41.1. The summed E-state index contributed by atoms with van der Waals surface area (Å²) in [6.07, 6.45) is -0.486.